The van der Waals surface area contributed by atoms with Gasteiger partial charge in [-0.3, -0.25) is 4.79 Å². The van der Waals surface area contributed by atoms with Crippen molar-refractivity contribution in [2.24, 2.45) is 0 Å². The van der Waals surface area contributed by atoms with E-state index in [0.29, 0.717) is 30.4 Å². The van der Waals surface area contributed by atoms with Gasteiger partial charge < -0.3 is 19.2 Å². The van der Waals surface area contributed by atoms with Crippen LogP contribution in [0.1, 0.15) is 42.7 Å². The van der Waals surface area contributed by atoms with Crippen LogP contribution < -0.4 is 9.47 Å². The molecule has 1 heterocycles. The van der Waals surface area contributed by atoms with Crippen LogP contribution >= 0.6 is 0 Å². The van der Waals surface area contributed by atoms with Gasteiger partial charge in [-0.1, -0.05) is 19.4 Å². The van der Waals surface area contributed by atoms with Crippen molar-refractivity contribution in [2.75, 3.05) is 19.8 Å². The third-order valence-electron chi connectivity index (χ3n) is 3.68. The highest BCUT2D eigenvalue weighted by molar-refractivity contribution is 5.97. The number of unbranched alkanes of at least 4 members (excludes halogenated alkanes) is 1. The van der Waals surface area contributed by atoms with E-state index in [4.69, 9.17) is 14.2 Å². The highest BCUT2D eigenvalue weighted by Crippen LogP contribution is 2.29. The highest BCUT2D eigenvalue weighted by Gasteiger charge is 2.09. The lowest BCUT2D eigenvalue weighted by Crippen LogP contribution is -2.12. The van der Waals surface area contributed by atoms with Gasteiger partial charge in [0.25, 0.3) is 0 Å². The molecule has 1 aromatic heterocycles. The number of aromatic amines is 1. The second-order valence-corrected chi connectivity index (χ2v) is 5.79. The van der Waals surface area contributed by atoms with Gasteiger partial charge in [-0.05, 0) is 49.2 Å². The van der Waals surface area contributed by atoms with Crippen molar-refractivity contribution in [1.82, 2.24) is 4.98 Å². The van der Waals surface area contributed by atoms with E-state index in [1.54, 1.807) is 30.5 Å². The largest absolute Gasteiger partial charge is 0.490 e. The summed E-state index contributed by atoms with van der Waals surface area (Å²) in [7, 11) is 0. The van der Waals surface area contributed by atoms with Gasteiger partial charge in [0, 0.05) is 12.3 Å². The summed E-state index contributed by atoms with van der Waals surface area (Å²) in [6, 6.07) is 8.79. The molecule has 0 bridgehead atoms. The van der Waals surface area contributed by atoms with E-state index in [1.807, 2.05) is 19.1 Å². The Morgan fingerprint density at radius 3 is 2.67 bits per heavy atom. The van der Waals surface area contributed by atoms with Crippen molar-refractivity contribution in [3.63, 3.8) is 0 Å². The molecular weight excluding hydrogens is 346 g/mol. The molecule has 1 aromatic carbocycles. The average Bonchev–Trinajstić information content (AvgIpc) is 3.21. The average molecular weight is 371 g/mol. The van der Waals surface area contributed by atoms with Gasteiger partial charge in [-0.25, -0.2) is 4.79 Å². The summed E-state index contributed by atoms with van der Waals surface area (Å²) in [5.74, 6) is 0.442. The number of aromatic nitrogens is 1. The second-order valence-electron chi connectivity index (χ2n) is 5.79. The van der Waals surface area contributed by atoms with Crippen LogP contribution in [0.5, 0.6) is 11.5 Å². The molecule has 0 radical (unpaired) electrons. The molecule has 0 unspecified atom stereocenters. The zero-order valence-corrected chi connectivity index (χ0v) is 15.7. The topological polar surface area (TPSA) is 77.6 Å². The van der Waals surface area contributed by atoms with Crippen LogP contribution in [0, 0.1) is 0 Å². The van der Waals surface area contributed by atoms with E-state index in [1.165, 1.54) is 6.08 Å². The van der Waals surface area contributed by atoms with Crippen LogP contribution in [0.15, 0.2) is 42.6 Å². The van der Waals surface area contributed by atoms with Gasteiger partial charge in [0.2, 0.25) is 5.78 Å². The number of ether oxygens (including phenoxy) is 3. The van der Waals surface area contributed by atoms with Crippen molar-refractivity contribution in [1.29, 1.82) is 0 Å². The second kappa shape index (κ2) is 10.9. The monoisotopic (exact) mass is 371 g/mol. The van der Waals surface area contributed by atoms with E-state index in [-0.39, 0.29) is 12.4 Å². The normalized spacial score (nSPS) is 10.7. The Morgan fingerprint density at radius 2 is 1.96 bits per heavy atom. The zero-order chi connectivity index (χ0) is 19.5. The van der Waals surface area contributed by atoms with Crippen molar-refractivity contribution in [3.05, 3.63) is 53.9 Å². The summed E-state index contributed by atoms with van der Waals surface area (Å²) in [6.07, 6.45) is 6.56. The van der Waals surface area contributed by atoms with E-state index in [0.717, 1.165) is 18.4 Å². The molecule has 0 aliphatic carbocycles. The Bertz CT molecular complexity index is 765. The molecule has 27 heavy (non-hydrogen) atoms. The molecule has 6 nitrogen and oxygen atoms in total. The Morgan fingerprint density at radius 1 is 1.11 bits per heavy atom. The number of H-pyrrole nitrogens is 1. The van der Waals surface area contributed by atoms with Crippen molar-refractivity contribution < 1.29 is 23.8 Å². The first-order valence-electron chi connectivity index (χ1n) is 9.05. The van der Waals surface area contributed by atoms with Gasteiger partial charge in [0.1, 0.15) is 0 Å². The summed E-state index contributed by atoms with van der Waals surface area (Å²) in [6.45, 7) is 4.84. The van der Waals surface area contributed by atoms with Gasteiger partial charge in [-0.15, -0.1) is 0 Å². The number of esters is 1. The summed E-state index contributed by atoms with van der Waals surface area (Å²) in [5, 5.41) is 0. The van der Waals surface area contributed by atoms with Gasteiger partial charge in [0.15, 0.2) is 18.1 Å². The fourth-order valence-corrected chi connectivity index (χ4v) is 2.27. The van der Waals surface area contributed by atoms with E-state index < -0.39 is 5.97 Å². The summed E-state index contributed by atoms with van der Waals surface area (Å²) in [5.41, 5.74) is 1.18. The molecule has 0 spiro atoms. The first-order chi connectivity index (χ1) is 13.1. The SMILES string of the molecule is CCCCOc1ccc(C=CC(=O)OCC(=O)c2ccc[nH]2)cc1OCC. The Kier molecular flexibility index (Phi) is 8.16. The molecule has 0 aliphatic heterocycles. The maximum atomic E-state index is 11.8. The van der Waals surface area contributed by atoms with Crippen molar-refractivity contribution in [2.45, 2.75) is 26.7 Å². The van der Waals surface area contributed by atoms with Gasteiger partial charge >= 0.3 is 5.97 Å². The predicted octanol–water partition coefficient (Wildman–Crippen LogP) is 4.03. The molecule has 6 heteroatoms. The van der Waals surface area contributed by atoms with Crippen molar-refractivity contribution in [3.8, 4) is 11.5 Å². The van der Waals surface area contributed by atoms with E-state index >= 15 is 0 Å². The lowest BCUT2D eigenvalue weighted by molar-refractivity contribution is -0.136. The first-order valence-corrected chi connectivity index (χ1v) is 9.05. The number of hydrogen-bond acceptors (Lipinski definition) is 5. The third kappa shape index (κ3) is 6.66. The van der Waals surface area contributed by atoms with Crippen LogP contribution in [0.4, 0.5) is 0 Å². The first kappa shape index (κ1) is 20.3. The molecule has 0 atom stereocenters. The highest BCUT2D eigenvalue weighted by atomic mass is 16.5. The summed E-state index contributed by atoms with van der Waals surface area (Å²) < 4.78 is 16.3. The molecule has 2 aromatic rings. The number of Topliss-reactive ketones (excluding diaryl/α,β-unsaturated/α-hetero) is 1. The molecule has 0 aliphatic rings. The lowest BCUT2D eigenvalue weighted by atomic mass is 10.2. The fourth-order valence-electron chi connectivity index (χ4n) is 2.27. The van der Waals surface area contributed by atoms with Crippen LogP contribution in [0.2, 0.25) is 0 Å². The summed E-state index contributed by atoms with van der Waals surface area (Å²) in [4.78, 5) is 26.4. The minimum Gasteiger partial charge on any atom is -0.490 e. The zero-order valence-electron chi connectivity index (χ0n) is 15.7. The Hall–Kier alpha value is -3.02. The number of benzene rings is 1. The minimum absolute atomic E-state index is 0.283. The number of nitrogens with one attached hydrogen (secondary N) is 1. The van der Waals surface area contributed by atoms with Crippen LogP contribution in [-0.2, 0) is 9.53 Å². The minimum atomic E-state index is -0.587. The number of rotatable bonds is 11. The van der Waals surface area contributed by atoms with Gasteiger partial charge in [-0.2, -0.15) is 0 Å². The fraction of sp³-hybridized carbons (Fsp3) is 0.333. The number of carbonyl (C=O) groups is 2. The van der Waals surface area contributed by atoms with E-state index in [9.17, 15) is 9.59 Å². The quantitative estimate of drug-likeness (QED) is 0.279. The Balaban J connectivity index is 1.93. The van der Waals surface area contributed by atoms with Crippen LogP contribution in [0.25, 0.3) is 6.08 Å². The van der Waals surface area contributed by atoms with Gasteiger partial charge in [0.05, 0.1) is 18.9 Å². The summed E-state index contributed by atoms with van der Waals surface area (Å²) >= 11 is 0. The molecule has 0 fully saturated rings. The molecule has 0 amide bonds. The maximum Gasteiger partial charge on any atom is 0.331 e. The Labute approximate surface area is 159 Å². The number of carbonyl (C=O) groups excluding carboxylic acids is 2. The smallest absolute Gasteiger partial charge is 0.331 e. The van der Waals surface area contributed by atoms with Crippen LogP contribution in [0.3, 0.4) is 0 Å². The number of ketones is 1. The predicted molar refractivity (Wildman–Crippen MR) is 103 cm³/mol. The van der Waals surface area contributed by atoms with E-state index in [2.05, 4.69) is 11.9 Å². The molecule has 0 saturated carbocycles. The standard InChI is InChI=1S/C21H25NO5/c1-3-5-13-26-19-10-8-16(14-20(19)25-4-2)9-11-21(24)27-15-18(23)17-7-6-12-22-17/h6-12,14,22H,3-5,13,15H2,1-2H3. The molecule has 0 saturated heterocycles. The number of hydrogen-bond donors (Lipinski definition) is 1. The molecule has 144 valence electrons. The van der Waals surface area contributed by atoms with Crippen LogP contribution in [-0.4, -0.2) is 36.6 Å². The lowest BCUT2D eigenvalue weighted by Gasteiger charge is -2.12. The molecule has 1 N–H and O–H groups in total. The third-order valence-corrected chi connectivity index (χ3v) is 3.68. The molecular formula is C21H25NO5. The maximum absolute atomic E-state index is 11.8. The van der Waals surface area contributed by atoms with Crippen molar-refractivity contribution >= 4 is 17.8 Å². The molecule has 2 rings (SSSR count).